The van der Waals surface area contributed by atoms with Crippen LogP contribution in [-0.2, 0) is 4.79 Å². The Balaban J connectivity index is 1.13. The summed E-state index contributed by atoms with van der Waals surface area (Å²) < 4.78 is 5.97. The monoisotopic (exact) mass is 500 g/mol. The second-order valence-electron chi connectivity index (χ2n) is 9.07. The Morgan fingerprint density at radius 3 is 2.58 bits per heavy atom. The van der Waals surface area contributed by atoms with E-state index in [2.05, 4.69) is 20.2 Å². The summed E-state index contributed by atoms with van der Waals surface area (Å²) in [7, 11) is 0. The van der Waals surface area contributed by atoms with E-state index in [4.69, 9.17) is 16.3 Å². The molecule has 1 saturated heterocycles. The molecule has 1 aliphatic rings. The Hall–Kier alpha value is -3.48. The lowest BCUT2D eigenvalue weighted by molar-refractivity contribution is -0.127. The van der Waals surface area contributed by atoms with Crippen LogP contribution in [0, 0.1) is 5.92 Å². The predicted octanol–water partition coefficient (Wildman–Crippen LogP) is 5.28. The van der Waals surface area contributed by atoms with Crippen molar-refractivity contribution < 1.29 is 9.53 Å². The number of nitrogens with zero attached hydrogens (tertiary/aromatic N) is 3. The maximum atomic E-state index is 13.2. The maximum Gasteiger partial charge on any atom is 0.224 e. The number of piperidine rings is 1. The van der Waals surface area contributed by atoms with Gasteiger partial charge in [0.05, 0.1) is 17.3 Å². The number of aromatic nitrogens is 2. The first-order chi connectivity index (χ1) is 17.7. The first-order valence-electron chi connectivity index (χ1n) is 12.3. The van der Waals surface area contributed by atoms with Gasteiger partial charge in [-0.15, -0.1) is 0 Å². The largest absolute Gasteiger partial charge is 0.492 e. The van der Waals surface area contributed by atoms with Crippen molar-refractivity contribution in [1.29, 1.82) is 0 Å². The van der Waals surface area contributed by atoms with Gasteiger partial charge in [-0.3, -0.25) is 19.7 Å². The molecule has 0 spiro atoms. The number of benzene rings is 2. The Kier molecular flexibility index (Phi) is 7.74. The van der Waals surface area contributed by atoms with Crippen LogP contribution in [0.3, 0.4) is 0 Å². The first kappa shape index (κ1) is 24.2. The normalized spacial score (nSPS) is 15.5. The molecule has 1 fully saturated rings. The van der Waals surface area contributed by atoms with Crippen LogP contribution in [-0.4, -0.2) is 47.0 Å². The van der Waals surface area contributed by atoms with Gasteiger partial charge >= 0.3 is 0 Å². The lowest BCUT2D eigenvalue weighted by Crippen LogP contribution is -2.42. The Morgan fingerprint density at radius 1 is 1.00 bits per heavy atom. The highest BCUT2D eigenvalue weighted by Gasteiger charge is 2.27. The van der Waals surface area contributed by atoms with Crippen molar-refractivity contribution in [3.05, 3.63) is 101 Å². The van der Waals surface area contributed by atoms with Crippen LogP contribution in [0.25, 0.3) is 10.9 Å². The van der Waals surface area contributed by atoms with E-state index < -0.39 is 0 Å². The van der Waals surface area contributed by atoms with E-state index in [0.29, 0.717) is 11.6 Å². The van der Waals surface area contributed by atoms with Crippen LogP contribution in [0.1, 0.15) is 30.1 Å². The zero-order chi connectivity index (χ0) is 24.7. The third-order valence-electron chi connectivity index (χ3n) is 6.69. The van der Waals surface area contributed by atoms with Gasteiger partial charge in [0.2, 0.25) is 5.91 Å². The number of halogens is 1. The molecule has 3 heterocycles. The number of hydrogen-bond acceptors (Lipinski definition) is 5. The molecule has 1 amide bonds. The van der Waals surface area contributed by atoms with Gasteiger partial charge in [-0.25, -0.2) is 0 Å². The molecule has 4 aromatic rings. The molecule has 1 aliphatic heterocycles. The van der Waals surface area contributed by atoms with Crippen LogP contribution in [0.4, 0.5) is 0 Å². The van der Waals surface area contributed by atoms with Gasteiger partial charge in [0, 0.05) is 41.3 Å². The fraction of sp³-hybridized carbons (Fsp3) is 0.276. The van der Waals surface area contributed by atoms with Crippen molar-refractivity contribution in [3.8, 4) is 5.75 Å². The molecular formula is C29H29ClN4O2. The van der Waals surface area contributed by atoms with E-state index in [1.807, 2.05) is 72.8 Å². The topological polar surface area (TPSA) is 67.4 Å². The van der Waals surface area contributed by atoms with Crippen LogP contribution in [0.2, 0.25) is 5.02 Å². The average Bonchev–Trinajstić information content (AvgIpc) is 2.93. The molecule has 6 nitrogen and oxygen atoms in total. The SMILES string of the molecule is O=C(N[C@H](c1ccc(Cl)cc1)c1ccccn1)C1CCN(CCOc2ccc3cccnc3c2)CC1. The number of nitrogens with one attached hydrogen (secondary N) is 1. The standard InChI is InChI=1S/C29H29ClN4O2/c30-24-9-6-22(7-10-24)28(26-5-1-2-14-31-26)33-29(35)23-12-16-34(17-13-23)18-19-36-25-11-8-21-4-3-15-32-27(21)20-25/h1-11,14-15,20,23,28H,12-13,16-19H2,(H,33,35)/t28-/m1/s1. The fourth-order valence-electron chi connectivity index (χ4n) is 4.64. The lowest BCUT2D eigenvalue weighted by Gasteiger charge is -2.32. The van der Waals surface area contributed by atoms with E-state index in [-0.39, 0.29) is 17.9 Å². The van der Waals surface area contributed by atoms with Crippen molar-refractivity contribution in [2.75, 3.05) is 26.2 Å². The molecule has 184 valence electrons. The van der Waals surface area contributed by atoms with Crippen molar-refractivity contribution in [1.82, 2.24) is 20.2 Å². The average molecular weight is 501 g/mol. The van der Waals surface area contributed by atoms with Gasteiger partial charge in [-0.05, 0) is 74.0 Å². The summed E-state index contributed by atoms with van der Waals surface area (Å²) in [4.78, 5) is 24.5. The molecule has 0 aliphatic carbocycles. The number of carbonyl (C=O) groups is 1. The van der Waals surface area contributed by atoms with Gasteiger partial charge < -0.3 is 10.1 Å². The first-order valence-corrected chi connectivity index (χ1v) is 12.7. The second-order valence-corrected chi connectivity index (χ2v) is 9.51. The van der Waals surface area contributed by atoms with Crippen LogP contribution >= 0.6 is 11.6 Å². The smallest absolute Gasteiger partial charge is 0.224 e. The van der Waals surface area contributed by atoms with E-state index in [0.717, 1.165) is 60.4 Å². The second kappa shape index (κ2) is 11.5. The summed E-state index contributed by atoms with van der Waals surface area (Å²) in [5.41, 5.74) is 2.71. The number of fused-ring (bicyclic) bond motifs is 1. The summed E-state index contributed by atoms with van der Waals surface area (Å²) in [5, 5.41) is 5.01. The van der Waals surface area contributed by atoms with Crippen molar-refractivity contribution in [3.63, 3.8) is 0 Å². The van der Waals surface area contributed by atoms with E-state index in [9.17, 15) is 4.79 Å². The number of ether oxygens (including phenoxy) is 1. The molecule has 0 radical (unpaired) electrons. The third-order valence-corrected chi connectivity index (χ3v) is 6.94. The Morgan fingerprint density at radius 2 is 1.81 bits per heavy atom. The number of amides is 1. The molecule has 5 rings (SSSR count). The van der Waals surface area contributed by atoms with Crippen LogP contribution in [0.5, 0.6) is 5.75 Å². The Labute approximate surface area is 216 Å². The highest BCUT2D eigenvalue weighted by atomic mass is 35.5. The molecule has 2 aromatic carbocycles. The van der Waals surface area contributed by atoms with Crippen LogP contribution < -0.4 is 10.1 Å². The summed E-state index contributed by atoms with van der Waals surface area (Å²) in [6.07, 6.45) is 5.18. The summed E-state index contributed by atoms with van der Waals surface area (Å²) in [5.74, 6) is 0.880. The number of carbonyl (C=O) groups excluding carboxylic acids is 1. The van der Waals surface area contributed by atoms with Gasteiger partial charge in [0.1, 0.15) is 12.4 Å². The minimum absolute atomic E-state index is 0.0211. The lowest BCUT2D eigenvalue weighted by atomic mass is 9.94. The zero-order valence-electron chi connectivity index (χ0n) is 20.0. The number of likely N-dealkylation sites (tertiary alicyclic amines) is 1. The van der Waals surface area contributed by atoms with Gasteiger partial charge in [-0.1, -0.05) is 35.9 Å². The molecule has 1 N–H and O–H groups in total. The van der Waals surface area contributed by atoms with E-state index in [1.165, 1.54) is 0 Å². The minimum atomic E-state index is -0.307. The quantitative estimate of drug-likeness (QED) is 0.356. The van der Waals surface area contributed by atoms with Gasteiger partial charge in [-0.2, -0.15) is 0 Å². The summed E-state index contributed by atoms with van der Waals surface area (Å²) in [6, 6.07) is 23.0. The molecule has 0 bridgehead atoms. The number of rotatable bonds is 8. The molecule has 0 saturated carbocycles. The highest BCUT2D eigenvalue weighted by Crippen LogP contribution is 2.25. The van der Waals surface area contributed by atoms with Gasteiger partial charge in [0.15, 0.2) is 0 Å². The summed E-state index contributed by atoms with van der Waals surface area (Å²) >= 11 is 6.08. The van der Waals surface area contributed by atoms with Crippen molar-refractivity contribution >= 4 is 28.4 Å². The highest BCUT2D eigenvalue weighted by molar-refractivity contribution is 6.30. The van der Waals surface area contributed by atoms with Gasteiger partial charge in [0.25, 0.3) is 0 Å². The number of pyridine rings is 2. The minimum Gasteiger partial charge on any atom is -0.492 e. The van der Waals surface area contributed by atoms with Crippen molar-refractivity contribution in [2.24, 2.45) is 5.92 Å². The molecule has 0 unspecified atom stereocenters. The maximum absolute atomic E-state index is 13.2. The van der Waals surface area contributed by atoms with Crippen LogP contribution in [0.15, 0.2) is 85.2 Å². The molecular weight excluding hydrogens is 472 g/mol. The third kappa shape index (κ3) is 6.01. The molecule has 36 heavy (non-hydrogen) atoms. The van der Waals surface area contributed by atoms with E-state index in [1.54, 1.807) is 12.4 Å². The fourth-order valence-corrected chi connectivity index (χ4v) is 4.76. The summed E-state index contributed by atoms with van der Waals surface area (Å²) in [6.45, 7) is 3.18. The Bertz CT molecular complexity index is 1290. The van der Waals surface area contributed by atoms with E-state index >= 15 is 0 Å². The molecule has 2 aromatic heterocycles. The molecule has 1 atom stereocenters. The predicted molar refractivity (Wildman–Crippen MR) is 142 cm³/mol. The molecule has 7 heteroatoms. The van der Waals surface area contributed by atoms with Crippen molar-refractivity contribution in [2.45, 2.75) is 18.9 Å². The number of hydrogen-bond donors (Lipinski definition) is 1. The zero-order valence-corrected chi connectivity index (χ0v) is 20.8.